The summed E-state index contributed by atoms with van der Waals surface area (Å²) >= 11 is 0. The van der Waals surface area contributed by atoms with Crippen LogP contribution in [0.4, 0.5) is 4.39 Å². The van der Waals surface area contributed by atoms with E-state index in [2.05, 4.69) is 4.98 Å². The first-order chi connectivity index (χ1) is 11.0. The van der Waals surface area contributed by atoms with Crippen molar-refractivity contribution >= 4 is 11.8 Å². The molecule has 1 aromatic rings. The molecular formula is C16H20FN3O3. The molecule has 0 spiro atoms. The average molecular weight is 321 g/mol. The number of carbonyl (C=O) groups is 2. The summed E-state index contributed by atoms with van der Waals surface area (Å²) in [5.41, 5.74) is 5.54. The van der Waals surface area contributed by atoms with Crippen LogP contribution in [0, 0.1) is 11.7 Å². The molecular weight excluding hydrogens is 301 g/mol. The standard InChI is InChI=1S/C16H20FN3O3/c17-11-1-2-12(19-9-11)16(22)20-7-5-10(6-8-20)13-3-4-14(23-13)15(18)21/h1-2,9-10,13-14H,3-8H2,(H2,18,21)/t13-,14+/m0/s1. The van der Waals surface area contributed by atoms with Crippen molar-refractivity contribution in [2.45, 2.75) is 37.9 Å². The van der Waals surface area contributed by atoms with Crippen LogP contribution in [-0.4, -0.2) is 47.0 Å². The van der Waals surface area contributed by atoms with E-state index in [1.54, 1.807) is 4.90 Å². The molecule has 0 aliphatic carbocycles. The summed E-state index contributed by atoms with van der Waals surface area (Å²) in [6, 6.07) is 2.64. The molecule has 6 nitrogen and oxygen atoms in total. The minimum Gasteiger partial charge on any atom is -0.367 e. The molecule has 0 aromatic carbocycles. The van der Waals surface area contributed by atoms with E-state index in [1.807, 2.05) is 0 Å². The van der Waals surface area contributed by atoms with E-state index in [9.17, 15) is 14.0 Å². The van der Waals surface area contributed by atoms with Crippen molar-refractivity contribution in [2.24, 2.45) is 11.7 Å². The van der Waals surface area contributed by atoms with E-state index >= 15 is 0 Å². The third kappa shape index (κ3) is 3.50. The number of rotatable bonds is 3. The van der Waals surface area contributed by atoms with Crippen LogP contribution in [-0.2, 0) is 9.53 Å². The minimum absolute atomic E-state index is 0.0497. The number of carbonyl (C=O) groups excluding carboxylic acids is 2. The van der Waals surface area contributed by atoms with Crippen LogP contribution in [0.15, 0.2) is 18.3 Å². The fraction of sp³-hybridized carbons (Fsp3) is 0.562. The molecule has 2 amide bonds. The number of nitrogens with two attached hydrogens (primary N) is 1. The molecule has 3 rings (SSSR count). The van der Waals surface area contributed by atoms with Crippen LogP contribution in [0.3, 0.4) is 0 Å². The van der Waals surface area contributed by atoms with E-state index in [1.165, 1.54) is 12.1 Å². The number of aromatic nitrogens is 1. The fourth-order valence-corrected chi connectivity index (χ4v) is 3.36. The Balaban J connectivity index is 1.53. The highest BCUT2D eigenvalue weighted by Gasteiger charge is 2.36. The Hall–Kier alpha value is -2.02. The van der Waals surface area contributed by atoms with Gasteiger partial charge < -0.3 is 15.4 Å². The van der Waals surface area contributed by atoms with Gasteiger partial charge in [-0.05, 0) is 43.7 Å². The second-order valence-corrected chi connectivity index (χ2v) is 6.13. The molecule has 1 aromatic heterocycles. The van der Waals surface area contributed by atoms with E-state index in [4.69, 9.17) is 10.5 Å². The SMILES string of the molecule is NC(=O)[C@H]1CC[C@@H](C2CCN(C(=O)c3ccc(F)cn3)CC2)O1. The monoisotopic (exact) mass is 321 g/mol. The second-order valence-electron chi connectivity index (χ2n) is 6.13. The van der Waals surface area contributed by atoms with Gasteiger partial charge in [-0.2, -0.15) is 0 Å². The zero-order valence-electron chi connectivity index (χ0n) is 12.8. The summed E-state index contributed by atoms with van der Waals surface area (Å²) in [6.07, 6.45) is 3.80. The molecule has 2 aliphatic rings. The van der Waals surface area contributed by atoms with Crippen LogP contribution < -0.4 is 5.73 Å². The van der Waals surface area contributed by atoms with Gasteiger partial charge in [0.2, 0.25) is 5.91 Å². The summed E-state index contributed by atoms with van der Waals surface area (Å²) in [7, 11) is 0. The maximum absolute atomic E-state index is 12.9. The van der Waals surface area contributed by atoms with Crippen molar-refractivity contribution in [3.8, 4) is 0 Å². The number of likely N-dealkylation sites (tertiary alicyclic amines) is 1. The Morgan fingerprint density at radius 1 is 1.22 bits per heavy atom. The molecule has 2 fully saturated rings. The number of hydrogen-bond donors (Lipinski definition) is 1. The number of piperidine rings is 1. The molecule has 0 radical (unpaired) electrons. The van der Waals surface area contributed by atoms with Gasteiger partial charge in [0, 0.05) is 13.1 Å². The predicted molar refractivity (Wildman–Crippen MR) is 79.9 cm³/mol. The highest BCUT2D eigenvalue weighted by Crippen LogP contribution is 2.32. The lowest BCUT2D eigenvalue weighted by molar-refractivity contribution is -0.130. The lowest BCUT2D eigenvalue weighted by Crippen LogP contribution is -2.42. The van der Waals surface area contributed by atoms with Crippen molar-refractivity contribution in [1.29, 1.82) is 0 Å². The number of pyridine rings is 1. The summed E-state index contributed by atoms with van der Waals surface area (Å²) in [5, 5.41) is 0. The van der Waals surface area contributed by atoms with E-state index < -0.39 is 17.8 Å². The molecule has 124 valence electrons. The quantitative estimate of drug-likeness (QED) is 0.903. The average Bonchev–Trinajstić information content (AvgIpc) is 3.05. The maximum Gasteiger partial charge on any atom is 0.272 e. The van der Waals surface area contributed by atoms with E-state index in [0.29, 0.717) is 25.4 Å². The number of ether oxygens (including phenoxy) is 1. The Morgan fingerprint density at radius 3 is 2.52 bits per heavy atom. The number of hydrogen-bond acceptors (Lipinski definition) is 4. The van der Waals surface area contributed by atoms with Crippen molar-refractivity contribution in [1.82, 2.24) is 9.88 Å². The number of nitrogens with zero attached hydrogens (tertiary/aromatic N) is 2. The molecule has 2 atom stereocenters. The third-order valence-electron chi connectivity index (χ3n) is 4.67. The number of amides is 2. The summed E-state index contributed by atoms with van der Waals surface area (Å²) in [5.74, 6) is -0.694. The van der Waals surface area contributed by atoms with Gasteiger partial charge in [0.1, 0.15) is 17.6 Å². The lowest BCUT2D eigenvalue weighted by Gasteiger charge is -2.34. The summed E-state index contributed by atoms with van der Waals surface area (Å²) in [4.78, 5) is 29.1. The topological polar surface area (TPSA) is 85.5 Å². The zero-order valence-corrected chi connectivity index (χ0v) is 12.8. The lowest BCUT2D eigenvalue weighted by atomic mass is 9.89. The molecule has 2 N–H and O–H groups in total. The molecule has 0 bridgehead atoms. The van der Waals surface area contributed by atoms with Gasteiger partial charge >= 0.3 is 0 Å². The van der Waals surface area contributed by atoms with Crippen LogP contribution in [0.1, 0.15) is 36.2 Å². The number of primary amides is 1. The zero-order chi connectivity index (χ0) is 16.4. The molecule has 2 saturated heterocycles. The Labute approximate surface area is 133 Å². The van der Waals surface area contributed by atoms with Gasteiger partial charge in [-0.25, -0.2) is 9.37 Å². The van der Waals surface area contributed by atoms with Crippen molar-refractivity contribution in [3.05, 3.63) is 29.8 Å². The highest BCUT2D eigenvalue weighted by molar-refractivity contribution is 5.92. The fourth-order valence-electron chi connectivity index (χ4n) is 3.36. The van der Waals surface area contributed by atoms with E-state index in [0.717, 1.165) is 25.5 Å². The van der Waals surface area contributed by atoms with Gasteiger partial charge in [0.05, 0.1) is 12.3 Å². The van der Waals surface area contributed by atoms with E-state index in [-0.39, 0.29) is 17.7 Å². The molecule has 3 heterocycles. The van der Waals surface area contributed by atoms with Crippen molar-refractivity contribution in [2.75, 3.05) is 13.1 Å². The summed E-state index contributed by atoms with van der Waals surface area (Å²) < 4.78 is 18.6. The molecule has 0 saturated carbocycles. The smallest absolute Gasteiger partial charge is 0.272 e. The first-order valence-electron chi connectivity index (χ1n) is 7.90. The Bertz CT molecular complexity index is 585. The molecule has 7 heteroatoms. The largest absolute Gasteiger partial charge is 0.367 e. The first kappa shape index (κ1) is 15.9. The molecule has 23 heavy (non-hydrogen) atoms. The van der Waals surface area contributed by atoms with Gasteiger partial charge in [0.15, 0.2) is 0 Å². The summed E-state index contributed by atoms with van der Waals surface area (Å²) in [6.45, 7) is 1.23. The Morgan fingerprint density at radius 2 is 1.96 bits per heavy atom. The second kappa shape index (κ2) is 6.62. The van der Waals surface area contributed by atoms with Crippen LogP contribution in [0.5, 0.6) is 0 Å². The maximum atomic E-state index is 12.9. The normalized spacial score (nSPS) is 25.5. The van der Waals surface area contributed by atoms with Gasteiger partial charge in [-0.3, -0.25) is 9.59 Å². The first-order valence-corrected chi connectivity index (χ1v) is 7.90. The van der Waals surface area contributed by atoms with Crippen molar-refractivity contribution in [3.63, 3.8) is 0 Å². The third-order valence-corrected chi connectivity index (χ3v) is 4.67. The van der Waals surface area contributed by atoms with Gasteiger partial charge in [-0.15, -0.1) is 0 Å². The predicted octanol–water partition coefficient (Wildman–Crippen LogP) is 1.11. The molecule has 2 aliphatic heterocycles. The van der Waals surface area contributed by atoms with Gasteiger partial charge in [-0.1, -0.05) is 0 Å². The van der Waals surface area contributed by atoms with Crippen LogP contribution in [0.25, 0.3) is 0 Å². The molecule has 0 unspecified atom stereocenters. The number of halogens is 1. The van der Waals surface area contributed by atoms with Crippen LogP contribution >= 0.6 is 0 Å². The van der Waals surface area contributed by atoms with Crippen LogP contribution in [0.2, 0.25) is 0 Å². The highest BCUT2D eigenvalue weighted by atomic mass is 19.1. The van der Waals surface area contributed by atoms with Crippen molar-refractivity contribution < 1.29 is 18.7 Å². The Kier molecular flexibility index (Phi) is 4.56. The minimum atomic E-state index is -0.469. The van der Waals surface area contributed by atoms with Gasteiger partial charge in [0.25, 0.3) is 5.91 Å².